The number of aryl methyl sites for hydroxylation is 3. The smallest absolute Gasteiger partial charge is 0.248 e. The number of sulfone groups is 1. The number of nitrogens with zero attached hydrogens (tertiary/aromatic N) is 4. The van der Waals surface area contributed by atoms with Gasteiger partial charge in [0.05, 0.1) is 5.25 Å². The van der Waals surface area contributed by atoms with Crippen molar-refractivity contribution in [2.24, 2.45) is 7.05 Å². The molecular formula is C12H16N4O5S2. The van der Waals surface area contributed by atoms with E-state index in [4.69, 9.17) is 4.52 Å². The zero-order valence-corrected chi connectivity index (χ0v) is 14.4. The summed E-state index contributed by atoms with van der Waals surface area (Å²) in [4.78, 5) is 3.84. The quantitative estimate of drug-likeness (QED) is 0.746. The van der Waals surface area contributed by atoms with Gasteiger partial charge in [-0.3, -0.25) is 0 Å². The summed E-state index contributed by atoms with van der Waals surface area (Å²) in [6, 6.07) is 0. The van der Waals surface area contributed by atoms with Crippen LogP contribution in [0.25, 0.3) is 0 Å². The predicted molar refractivity (Wildman–Crippen MR) is 78.9 cm³/mol. The number of imidazole rings is 1. The second-order valence-corrected chi connectivity index (χ2v) is 9.46. The number of aromatic nitrogens is 3. The Bertz CT molecular complexity index is 932. The lowest BCUT2D eigenvalue weighted by Gasteiger charge is -2.36. The first-order valence-electron chi connectivity index (χ1n) is 6.80. The van der Waals surface area contributed by atoms with Gasteiger partial charge in [-0.1, -0.05) is 5.16 Å². The van der Waals surface area contributed by atoms with Gasteiger partial charge in [-0.15, -0.1) is 0 Å². The summed E-state index contributed by atoms with van der Waals surface area (Å²) in [6.45, 7) is 2.82. The van der Waals surface area contributed by atoms with Gasteiger partial charge in [0.2, 0.25) is 25.0 Å². The van der Waals surface area contributed by atoms with Crippen LogP contribution in [0.1, 0.15) is 11.5 Å². The van der Waals surface area contributed by atoms with Crippen molar-refractivity contribution in [1.82, 2.24) is 19.0 Å². The predicted octanol–water partition coefficient (Wildman–Crippen LogP) is -0.128. The molecule has 0 radical (unpaired) electrons. The maximum Gasteiger partial charge on any atom is 0.248 e. The molecule has 23 heavy (non-hydrogen) atoms. The molecule has 0 N–H and O–H groups in total. The summed E-state index contributed by atoms with van der Waals surface area (Å²) in [6.07, 6.45) is 2.92. The van der Waals surface area contributed by atoms with Gasteiger partial charge in [0.25, 0.3) is 0 Å². The number of sulfonamides is 1. The molecule has 0 amide bonds. The molecular weight excluding hydrogens is 344 g/mol. The molecule has 0 atom stereocenters. The van der Waals surface area contributed by atoms with Crippen LogP contribution in [0.4, 0.5) is 0 Å². The van der Waals surface area contributed by atoms with Gasteiger partial charge in [-0.2, -0.15) is 4.31 Å². The number of hydrogen-bond donors (Lipinski definition) is 0. The zero-order valence-electron chi connectivity index (χ0n) is 12.8. The molecule has 126 valence electrons. The van der Waals surface area contributed by atoms with Gasteiger partial charge in [-0.05, 0) is 13.8 Å². The van der Waals surface area contributed by atoms with Crippen LogP contribution < -0.4 is 0 Å². The zero-order chi connectivity index (χ0) is 17.0. The van der Waals surface area contributed by atoms with Crippen LogP contribution in [0, 0.1) is 13.8 Å². The van der Waals surface area contributed by atoms with Crippen LogP contribution in [0.2, 0.25) is 0 Å². The third kappa shape index (κ3) is 2.39. The Hall–Kier alpha value is -1.72. The van der Waals surface area contributed by atoms with E-state index in [-0.39, 0.29) is 34.6 Å². The summed E-state index contributed by atoms with van der Waals surface area (Å²) in [5.74, 6) is 0.193. The summed E-state index contributed by atoms with van der Waals surface area (Å²) < 4.78 is 57.4. The molecule has 0 bridgehead atoms. The van der Waals surface area contributed by atoms with Crippen molar-refractivity contribution in [1.29, 1.82) is 0 Å². The molecule has 0 saturated carbocycles. The highest BCUT2D eigenvalue weighted by Gasteiger charge is 2.46. The van der Waals surface area contributed by atoms with E-state index >= 15 is 0 Å². The van der Waals surface area contributed by atoms with Crippen LogP contribution in [0.15, 0.2) is 27.0 Å². The monoisotopic (exact) mass is 360 g/mol. The van der Waals surface area contributed by atoms with Gasteiger partial charge < -0.3 is 9.09 Å². The largest absolute Gasteiger partial charge is 0.360 e. The first kappa shape index (κ1) is 16.1. The van der Waals surface area contributed by atoms with Gasteiger partial charge in [0.15, 0.2) is 5.76 Å². The standard InChI is InChI=1S/C12H16N4O5S2/c1-8-11(9(2)21-14-8)23(19,20)16-6-10(7-16)22(17,18)12-13-4-5-15(12)3/h4-5,10H,6-7H2,1-3H3. The fourth-order valence-corrected chi connectivity index (χ4v) is 6.27. The Labute approximate surface area is 133 Å². The van der Waals surface area contributed by atoms with E-state index < -0.39 is 25.1 Å². The van der Waals surface area contributed by atoms with Gasteiger partial charge in [0, 0.05) is 32.5 Å². The molecule has 9 nitrogen and oxygen atoms in total. The Morgan fingerprint density at radius 1 is 1.22 bits per heavy atom. The maximum absolute atomic E-state index is 12.6. The molecule has 0 aromatic carbocycles. The molecule has 11 heteroatoms. The fraction of sp³-hybridized carbons (Fsp3) is 0.500. The minimum atomic E-state index is -3.81. The van der Waals surface area contributed by atoms with E-state index in [0.717, 1.165) is 4.31 Å². The van der Waals surface area contributed by atoms with Gasteiger partial charge in [0.1, 0.15) is 10.6 Å². The van der Waals surface area contributed by atoms with Crippen molar-refractivity contribution >= 4 is 19.9 Å². The Kier molecular flexibility index (Phi) is 3.61. The van der Waals surface area contributed by atoms with Crippen molar-refractivity contribution < 1.29 is 21.4 Å². The molecule has 0 unspecified atom stereocenters. The molecule has 1 aliphatic rings. The first-order chi connectivity index (χ1) is 10.7. The Morgan fingerprint density at radius 2 is 1.87 bits per heavy atom. The molecule has 0 aliphatic carbocycles. The van der Waals surface area contributed by atoms with Crippen LogP contribution in [-0.2, 0) is 26.9 Å². The van der Waals surface area contributed by atoms with Gasteiger partial charge >= 0.3 is 0 Å². The lowest BCUT2D eigenvalue weighted by molar-refractivity contribution is 0.307. The van der Waals surface area contributed by atoms with Crippen LogP contribution in [-0.4, -0.2) is 54.2 Å². The molecule has 1 saturated heterocycles. The molecule has 2 aromatic heterocycles. The highest BCUT2D eigenvalue weighted by atomic mass is 32.2. The fourth-order valence-electron chi connectivity index (χ4n) is 2.54. The highest BCUT2D eigenvalue weighted by Crippen LogP contribution is 2.30. The van der Waals surface area contributed by atoms with E-state index in [1.165, 1.54) is 30.8 Å². The summed E-state index contributed by atoms with van der Waals surface area (Å²) in [5.41, 5.74) is 0.262. The van der Waals surface area contributed by atoms with E-state index in [1.54, 1.807) is 7.05 Å². The highest BCUT2D eigenvalue weighted by molar-refractivity contribution is 7.92. The molecule has 3 rings (SSSR count). The van der Waals surface area contributed by atoms with E-state index in [2.05, 4.69) is 10.1 Å². The SMILES string of the molecule is Cc1noc(C)c1S(=O)(=O)N1CC(S(=O)(=O)c2nccn2C)C1. The third-order valence-electron chi connectivity index (χ3n) is 3.85. The van der Waals surface area contributed by atoms with Crippen molar-refractivity contribution in [3.8, 4) is 0 Å². The Morgan fingerprint density at radius 3 is 2.35 bits per heavy atom. The van der Waals surface area contributed by atoms with Crippen LogP contribution in [0.5, 0.6) is 0 Å². The molecule has 2 aromatic rings. The lowest BCUT2D eigenvalue weighted by Crippen LogP contribution is -2.57. The number of hydrogen-bond acceptors (Lipinski definition) is 7. The van der Waals surface area contributed by atoms with Crippen molar-refractivity contribution in [2.75, 3.05) is 13.1 Å². The van der Waals surface area contributed by atoms with E-state index in [9.17, 15) is 16.8 Å². The summed E-state index contributed by atoms with van der Waals surface area (Å²) in [5, 5.41) is 2.77. The topological polar surface area (TPSA) is 115 Å². The van der Waals surface area contributed by atoms with Crippen molar-refractivity contribution in [2.45, 2.75) is 29.1 Å². The van der Waals surface area contributed by atoms with Crippen molar-refractivity contribution in [3.05, 3.63) is 23.8 Å². The summed E-state index contributed by atoms with van der Waals surface area (Å²) >= 11 is 0. The Balaban J connectivity index is 1.83. The van der Waals surface area contributed by atoms with E-state index in [1.807, 2.05) is 0 Å². The molecule has 1 aliphatic heterocycles. The maximum atomic E-state index is 12.6. The average molecular weight is 360 g/mol. The lowest BCUT2D eigenvalue weighted by atomic mass is 10.3. The van der Waals surface area contributed by atoms with Crippen molar-refractivity contribution in [3.63, 3.8) is 0 Å². The average Bonchev–Trinajstić information content (AvgIpc) is 2.93. The molecule has 0 spiro atoms. The summed E-state index contributed by atoms with van der Waals surface area (Å²) in [7, 11) is -5.89. The van der Waals surface area contributed by atoms with Crippen LogP contribution in [0.3, 0.4) is 0 Å². The van der Waals surface area contributed by atoms with Crippen LogP contribution >= 0.6 is 0 Å². The third-order valence-corrected chi connectivity index (χ3v) is 8.01. The minimum Gasteiger partial charge on any atom is -0.360 e. The van der Waals surface area contributed by atoms with E-state index in [0.29, 0.717) is 0 Å². The van der Waals surface area contributed by atoms with Gasteiger partial charge in [-0.25, -0.2) is 21.8 Å². The second-order valence-electron chi connectivity index (χ2n) is 5.46. The minimum absolute atomic E-state index is 0.00494. The number of rotatable bonds is 4. The molecule has 1 fully saturated rings. The second kappa shape index (κ2) is 5.14. The normalized spacial score (nSPS) is 17.3. The molecule has 3 heterocycles. The first-order valence-corrected chi connectivity index (χ1v) is 9.78.